The maximum Gasteiger partial charge on any atom is 0.226 e. The third-order valence-corrected chi connectivity index (χ3v) is 4.01. The highest BCUT2D eigenvalue weighted by atomic mass is 16.7. The minimum absolute atomic E-state index is 0.0501. The van der Waals surface area contributed by atoms with E-state index in [0.717, 1.165) is 43.7 Å². The van der Waals surface area contributed by atoms with Crippen LogP contribution in [0.15, 0.2) is 24.3 Å². The lowest BCUT2D eigenvalue weighted by atomic mass is 10.1. The van der Waals surface area contributed by atoms with E-state index in [1.165, 1.54) is 0 Å². The van der Waals surface area contributed by atoms with Gasteiger partial charge in [-0.25, -0.2) is 0 Å². The second-order valence-electron chi connectivity index (χ2n) is 5.88. The quantitative estimate of drug-likeness (QED) is 0.764. The molecule has 2 amide bonds. The van der Waals surface area contributed by atoms with E-state index in [2.05, 4.69) is 17.6 Å². The molecule has 1 heterocycles. The molecular weight excluding hydrogens is 306 g/mol. The number of hydroxylamine groups is 2. The van der Waals surface area contributed by atoms with Gasteiger partial charge in [-0.1, -0.05) is 25.1 Å². The van der Waals surface area contributed by atoms with Gasteiger partial charge >= 0.3 is 0 Å². The van der Waals surface area contributed by atoms with E-state index in [4.69, 9.17) is 4.84 Å². The molecule has 2 N–H and O–H groups in total. The van der Waals surface area contributed by atoms with Crippen molar-refractivity contribution in [3.05, 3.63) is 29.8 Å². The Morgan fingerprint density at radius 2 is 2.00 bits per heavy atom. The summed E-state index contributed by atoms with van der Waals surface area (Å²) < 4.78 is 0. The van der Waals surface area contributed by atoms with Gasteiger partial charge in [0, 0.05) is 38.2 Å². The molecule has 1 aliphatic rings. The predicted octanol–water partition coefficient (Wildman–Crippen LogP) is 2.11. The molecule has 0 aromatic heterocycles. The van der Waals surface area contributed by atoms with E-state index in [0.29, 0.717) is 19.5 Å². The summed E-state index contributed by atoms with van der Waals surface area (Å²) in [5.74, 6) is -0.138. The van der Waals surface area contributed by atoms with Crippen LogP contribution in [0.1, 0.15) is 38.2 Å². The van der Waals surface area contributed by atoms with E-state index in [1.807, 2.05) is 29.3 Å². The molecule has 0 saturated carbocycles. The number of para-hydroxylation sites is 1. The van der Waals surface area contributed by atoms with Crippen molar-refractivity contribution in [2.24, 2.45) is 0 Å². The number of anilines is 1. The van der Waals surface area contributed by atoms with Gasteiger partial charge in [-0.05, 0) is 30.9 Å². The van der Waals surface area contributed by atoms with Crippen molar-refractivity contribution >= 4 is 17.5 Å². The van der Waals surface area contributed by atoms with Crippen LogP contribution < -0.4 is 10.6 Å². The van der Waals surface area contributed by atoms with Gasteiger partial charge in [0.2, 0.25) is 11.8 Å². The first-order valence-corrected chi connectivity index (χ1v) is 8.71. The van der Waals surface area contributed by atoms with Crippen LogP contribution >= 0.6 is 0 Å². The van der Waals surface area contributed by atoms with Crippen LogP contribution in [0, 0.1) is 0 Å². The van der Waals surface area contributed by atoms with Crippen molar-refractivity contribution in [3.8, 4) is 0 Å². The molecular formula is C18H27N3O3. The van der Waals surface area contributed by atoms with E-state index < -0.39 is 0 Å². The fraction of sp³-hybridized carbons (Fsp3) is 0.556. The van der Waals surface area contributed by atoms with Crippen molar-refractivity contribution in [2.45, 2.75) is 39.0 Å². The second-order valence-corrected chi connectivity index (χ2v) is 5.88. The van der Waals surface area contributed by atoms with Crippen LogP contribution in [0.25, 0.3) is 0 Å². The number of carbonyl (C=O) groups excluding carboxylic acids is 2. The molecule has 0 aliphatic carbocycles. The lowest BCUT2D eigenvalue weighted by Crippen LogP contribution is -2.35. The molecule has 1 aromatic carbocycles. The Bertz CT molecular complexity index is 542. The minimum Gasteiger partial charge on any atom is -0.356 e. The van der Waals surface area contributed by atoms with Gasteiger partial charge in [0.05, 0.1) is 6.61 Å². The summed E-state index contributed by atoms with van der Waals surface area (Å²) in [7, 11) is 0. The highest BCUT2D eigenvalue weighted by Crippen LogP contribution is 2.15. The summed E-state index contributed by atoms with van der Waals surface area (Å²) in [5.41, 5.74) is 1.95. The summed E-state index contributed by atoms with van der Waals surface area (Å²) >= 11 is 0. The monoisotopic (exact) mass is 333 g/mol. The molecule has 1 fully saturated rings. The van der Waals surface area contributed by atoms with E-state index in [-0.39, 0.29) is 18.2 Å². The maximum absolute atomic E-state index is 12.0. The largest absolute Gasteiger partial charge is 0.356 e. The number of rotatable bonds is 8. The number of hydrogen-bond acceptors (Lipinski definition) is 4. The summed E-state index contributed by atoms with van der Waals surface area (Å²) in [6.07, 6.45) is 3.72. The van der Waals surface area contributed by atoms with Gasteiger partial charge in [-0.2, -0.15) is 5.06 Å². The molecule has 24 heavy (non-hydrogen) atoms. The normalized spacial score (nSPS) is 15.0. The summed E-state index contributed by atoms with van der Waals surface area (Å²) in [6, 6.07) is 7.76. The zero-order chi connectivity index (χ0) is 17.2. The Labute approximate surface area is 143 Å². The van der Waals surface area contributed by atoms with Gasteiger partial charge in [-0.3, -0.25) is 14.4 Å². The van der Waals surface area contributed by atoms with Crippen molar-refractivity contribution in [1.82, 2.24) is 10.4 Å². The number of nitrogens with one attached hydrogen (secondary N) is 2. The zero-order valence-corrected chi connectivity index (χ0v) is 14.3. The number of benzene rings is 1. The Morgan fingerprint density at radius 1 is 1.17 bits per heavy atom. The molecule has 0 atom stereocenters. The van der Waals surface area contributed by atoms with Gasteiger partial charge in [0.25, 0.3) is 0 Å². The Morgan fingerprint density at radius 3 is 2.75 bits per heavy atom. The van der Waals surface area contributed by atoms with E-state index in [1.54, 1.807) is 0 Å². The molecule has 0 unspecified atom stereocenters. The predicted molar refractivity (Wildman–Crippen MR) is 93.5 cm³/mol. The standard InChI is InChI=1S/C18H27N3O3/c1-2-15-7-3-4-8-16(15)20-18(23)9-11-19-17(22)10-13-21-12-5-6-14-24-21/h3-4,7-8H,2,5-6,9-14H2,1H3,(H,19,22)(H,20,23). The molecule has 6 heteroatoms. The SMILES string of the molecule is CCc1ccccc1NC(=O)CCNC(=O)CCN1CCCCO1. The molecule has 132 valence electrons. The number of hydrogen-bond donors (Lipinski definition) is 2. The minimum atomic E-state index is -0.0874. The lowest BCUT2D eigenvalue weighted by Gasteiger charge is -2.25. The molecule has 1 aromatic rings. The maximum atomic E-state index is 12.0. The van der Waals surface area contributed by atoms with Crippen LogP contribution in [-0.4, -0.2) is 43.1 Å². The zero-order valence-electron chi connectivity index (χ0n) is 14.3. The molecule has 0 spiro atoms. The van der Waals surface area contributed by atoms with E-state index >= 15 is 0 Å². The molecule has 1 aliphatic heterocycles. The van der Waals surface area contributed by atoms with E-state index in [9.17, 15) is 9.59 Å². The van der Waals surface area contributed by atoms with Crippen LogP contribution in [0.3, 0.4) is 0 Å². The Kier molecular flexibility index (Phi) is 7.71. The second kappa shape index (κ2) is 10.1. The van der Waals surface area contributed by atoms with Gasteiger partial charge in [0.15, 0.2) is 0 Å². The Hall–Kier alpha value is -1.92. The topological polar surface area (TPSA) is 70.7 Å². The molecule has 0 radical (unpaired) electrons. The number of aryl methyl sites for hydroxylation is 1. The molecule has 2 rings (SSSR count). The van der Waals surface area contributed by atoms with Crippen LogP contribution in [0.5, 0.6) is 0 Å². The average Bonchev–Trinajstić information content (AvgIpc) is 2.61. The number of amides is 2. The Balaban J connectivity index is 1.62. The third-order valence-electron chi connectivity index (χ3n) is 4.01. The fourth-order valence-electron chi connectivity index (χ4n) is 2.62. The van der Waals surface area contributed by atoms with Crippen molar-refractivity contribution in [1.29, 1.82) is 0 Å². The first-order chi connectivity index (χ1) is 11.7. The van der Waals surface area contributed by atoms with Crippen molar-refractivity contribution in [3.63, 3.8) is 0 Å². The van der Waals surface area contributed by atoms with Crippen LogP contribution in [0.4, 0.5) is 5.69 Å². The summed E-state index contributed by atoms with van der Waals surface area (Å²) in [5, 5.41) is 7.53. The van der Waals surface area contributed by atoms with Crippen molar-refractivity contribution < 1.29 is 14.4 Å². The van der Waals surface area contributed by atoms with Crippen LogP contribution in [0.2, 0.25) is 0 Å². The summed E-state index contributed by atoms with van der Waals surface area (Å²) in [6.45, 7) is 4.62. The number of nitrogens with zero attached hydrogens (tertiary/aromatic N) is 1. The molecule has 1 saturated heterocycles. The van der Waals surface area contributed by atoms with Gasteiger partial charge in [-0.15, -0.1) is 0 Å². The fourth-order valence-corrected chi connectivity index (χ4v) is 2.62. The lowest BCUT2D eigenvalue weighted by molar-refractivity contribution is -0.181. The highest BCUT2D eigenvalue weighted by Gasteiger charge is 2.12. The van der Waals surface area contributed by atoms with Crippen LogP contribution in [-0.2, 0) is 20.8 Å². The highest BCUT2D eigenvalue weighted by molar-refractivity contribution is 5.91. The molecule has 0 bridgehead atoms. The first-order valence-electron chi connectivity index (χ1n) is 8.71. The van der Waals surface area contributed by atoms with Gasteiger partial charge in [0.1, 0.15) is 0 Å². The first kappa shape index (κ1) is 18.4. The van der Waals surface area contributed by atoms with Crippen molar-refractivity contribution in [2.75, 3.05) is 31.6 Å². The summed E-state index contributed by atoms with van der Waals surface area (Å²) in [4.78, 5) is 29.2. The average molecular weight is 333 g/mol. The number of carbonyl (C=O) groups is 2. The van der Waals surface area contributed by atoms with Gasteiger partial charge < -0.3 is 10.6 Å². The third kappa shape index (κ3) is 6.29. The smallest absolute Gasteiger partial charge is 0.226 e. The molecule has 6 nitrogen and oxygen atoms in total.